The van der Waals surface area contributed by atoms with E-state index in [1.54, 1.807) is 14.2 Å². The number of aryl methyl sites for hydroxylation is 1. The van der Waals surface area contributed by atoms with Crippen LogP contribution in [-0.2, 0) is 4.74 Å². The van der Waals surface area contributed by atoms with Gasteiger partial charge in [0.25, 0.3) is 6.43 Å². The van der Waals surface area contributed by atoms with Gasteiger partial charge >= 0.3 is 0 Å². The molecule has 4 nitrogen and oxygen atoms in total. The first-order valence-corrected chi connectivity index (χ1v) is 6.79. The van der Waals surface area contributed by atoms with Gasteiger partial charge in [0.05, 0.1) is 14.2 Å². The van der Waals surface area contributed by atoms with Crippen molar-refractivity contribution in [3.63, 3.8) is 0 Å². The monoisotopic (exact) mass is 303 g/mol. The van der Waals surface area contributed by atoms with Gasteiger partial charge in [-0.1, -0.05) is 0 Å². The van der Waals surface area contributed by atoms with Crippen LogP contribution in [0, 0.1) is 6.92 Å². The van der Waals surface area contributed by atoms with Gasteiger partial charge < -0.3 is 19.5 Å². The van der Waals surface area contributed by atoms with E-state index in [0.717, 1.165) is 11.1 Å². The maximum atomic E-state index is 12.0. The Morgan fingerprint density at radius 2 is 1.76 bits per heavy atom. The molecule has 1 aromatic rings. The second kappa shape index (κ2) is 8.79. The lowest BCUT2D eigenvalue weighted by molar-refractivity contribution is 0.0145. The molecule has 120 valence electrons. The van der Waals surface area contributed by atoms with Gasteiger partial charge in [0.1, 0.15) is 6.61 Å². The minimum atomic E-state index is -2.43. The summed E-state index contributed by atoms with van der Waals surface area (Å²) >= 11 is 0. The van der Waals surface area contributed by atoms with E-state index in [-0.39, 0.29) is 12.6 Å². The first kappa shape index (κ1) is 17.7. The summed E-state index contributed by atoms with van der Waals surface area (Å²) in [6.07, 6.45) is -1.83. The lowest BCUT2D eigenvalue weighted by atomic mass is 9.98. The molecule has 0 radical (unpaired) electrons. The molecule has 21 heavy (non-hydrogen) atoms. The molecule has 0 bridgehead atoms. The quantitative estimate of drug-likeness (QED) is 0.712. The molecular formula is C15H23F2NO3. The van der Waals surface area contributed by atoms with Crippen molar-refractivity contribution < 1.29 is 23.0 Å². The first-order valence-electron chi connectivity index (χ1n) is 6.79. The number of halogens is 2. The molecular weight excluding hydrogens is 280 g/mol. The average molecular weight is 303 g/mol. The molecule has 0 aliphatic rings. The highest BCUT2D eigenvalue weighted by Crippen LogP contribution is 2.33. The third kappa shape index (κ3) is 5.13. The third-order valence-electron chi connectivity index (χ3n) is 3.29. The number of rotatable bonds is 9. The van der Waals surface area contributed by atoms with Crippen molar-refractivity contribution in [3.8, 4) is 11.5 Å². The standard InChI is InChI=1S/C15H23F2NO3/c1-10-7-13(19-3)14(20-4)8-11(10)12(18-2)5-6-21-9-15(16)17/h7-8,12,15,18H,5-6,9H2,1-4H3. The van der Waals surface area contributed by atoms with Gasteiger partial charge in [0, 0.05) is 12.6 Å². The average Bonchev–Trinajstić information content (AvgIpc) is 2.47. The van der Waals surface area contributed by atoms with Crippen LogP contribution in [0.2, 0.25) is 0 Å². The summed E-state index contributed by atoms with van der Waals surface area (Å²) in [5.74, 6) is 1.31. The van der Waals surface area contributed by atoms with Gasteiger partial charge in [-0.3, -0.25) is 0 Å². The minimum absolute atomic E-state index is 0.00229. The molecule has 1 N–H and O–H groups in total. The number of benzene rings is 1. The molecule has 0 aromatic heterocycles. The predicted molar refractivity (Wildman–Crippen MR) is 77.5 cm³/mol. The van der Waals surface area contributed by atoms with Crippen molar-refractivity contribution >= 4 is 0 Å². The van der Waals surface area contributed by atoms with E-state index in [4.69, 9.17) is 14.2 Å². The van der Waals surface area contributed by atoms with E-state index < -0.39 is 13.0 Å². The van der Waals surface area contributed by atoms with Crippen LogP contribution in [0.3, 0.4) is 0 Å². The Morgan fingerprint density at radius 3 is 2.29 bits per heavy atom. The van der Waals surface area contributed by atoms with E-state index in [1.165, 1.54) is 0 Å². The van der Waals surface area contributed by atoms with Gasteiger partial charge in [0.2, 0.25) is 0 Å². The molecule has 0 spiro atoms. The van der Waals surface area contributed by atoms with Crippen molar-refractivity contribution in [1.82, 2.24) is 5.32 Å². The number of alkyl halides is 2. The van der Waals surface area contributed by atoms with E-state index in [1.807, 2.05) is 26.1 Å². The second-order valence-electron chi connectivity index (χ2n) is 4.66. The zero-order chi connectivity index (χ0) is 15.8. The molecule has 0 aliphatic heterocycles. The first-order chi connectivity index (χ1) is 10.0. The summed E-state index contributed by atoms with van der Waals surface area (Å²) in [5, 5.41) is 3.17. The summed E-state index contributed by atoms with van der Waals surface area (Å²) in [6, 6.07) is 3.81. The summed E-state index contributed by atoms with van der Waals surface area (Å²) in [4.78, 5) is 0. The Balaban J connectivity index is 2.80. The molecule has 1 atom stereocenters. The van der Waals surface area contributed by atoms with Gasteiger partial charge in [0.15, 0.2) is 11.5 Å². The molecule has 0 saturated carbocycles. The number of hydrogen-bond donors (Lipinski definition) is 1. The van der Waals surface area contributed by atoms with Gasteiger partial charge in [-0.25, -0.2) is 8.78 Å². The van der Waals surface area contributed by atoms with Gasteiger partial charge in [-0.05, 0) is 43.7 Å². The molecule has 1 aromatic carbocycles. The number of hydrogen-bond acceptors (Lipinski definition) is 4. The van der Waals surface area contributed by atoms with E-state index >= 15 is 0 Å². The molecule has 0 aliphatic carbocycles. The number of nitrogens with one attached hydrogen (secondary N) is 1. The van der Waals surface area contributed by atoms with E-state index in [0.29, 0.717) is 17.9 Å². The Hall–Kier alpha value is -1.40. The molecule has 6 heteroatoms. The van der Waals surface area contributed by atoms with Gasteiger partial charge in [-0.2, -0.15) is 0 Å². The zero-order valence-electron chi connectivity index (χ0n) is 12.9. The number of methoxy groups -OCH3 is 2. The van der Waals surface area contributed by atoms with Crippen LogP contribution >= 0.6 is 0 Å². The van der Waals surface area contributed by atoms with Crippen LogP contribution in [0.15, 0.2) is 12.1 Å². The summed E-state index contributed by atoms with van der Waals surface area (Å²) in [5.41, 5.74) is 2.08. The Kier molecular flexibility index (Phi) is 7.39. The van der Waals surface area contributed by atoms with Gasteiger partial charge in [-0.15, -0.1) is 0 Å². The Morgan fingerprint density at radius 1 is 1.14 bits per heavy atom. The van der Waals surface area contributed by atoms with Crippen LogP contribution in [0.1, 0.15) is 23.6 Å². The molecule has 0 saturated heterocycles. The maximum absolute atomic E-state index is 12.0. The van der Waals surface area contributed by atoms with Crippen LogP contribution < -0.4 is 14.8 Å². The van der Waals surface area contributed by atoms with Crippen LogP contribution in [0.25, 0.3) is 0 Å². The SMILES string of the molecule is CNC(CCOCC(F)F)c1cc(OC)c(OC)cc1C. The smallest absolute Gasteiger partial charge is 0.261 e. The zero-order valence-corrected chi connectivity index (χ0v) is 12.9. The predicted octanol–water partition coefficient (Wildman–Crippen LogP) is 2.94. The number of ether oxygens (including phenoxy) is 3. The second-order valence-corrected chi connectivity index (χ2v) is 4.66. The van der Waals surface area contributed by atoms with Crippen molar-refractivity contribution in [2.75, 3.05) is 34.5 Å². The summed E-state index contributed by atoms with van der Waals surface area (Å²) in [7, 11) is 5.00. The lowest BCUT2D eigenvalue weighted by Gasteiger charge is -2.21. The van der Waals surface area contributed by atoms with Crippen molar-refractivity contribution in [2.45, 2.75) is 25.8 Å². The molecule has 1 rings (SSSR count). The summed E-state index contributed by atoms with van der Waals surface area (Å²) < 4.78 is 39.6. The van der Waals surface area contributed by atoms with Crippen LogP contribution in [-0.4, -0.2) is 40.9 Å². The highest BCUT2D eigenvalue weighted by molar-refractivity contribution is 5.48. The van der Waals surface area contributed by atoms with E-state index in [2.05, 4.69) is 5.32 Å². The minimum Gasteiger partial charge on any atom is -0.493 e. The Bertz CT molecular complexity index is 441. The molecule has 0 fully saturated rings. The lowest BCUT2D eigenvalue weighted by Crippen LogP contribution is -2.20. The van der Waals surface area contributed by atoms with Crippen LogP contribution in [0.5, 0.6) is 11.5 Å². The van der Waals surface area contributed by atoms with Crippen molar-refractivity contribution in [2.24, 2.45) is 0 Å². The van der Waals surface area contributed by atoms with E-state index in [9.17, 15) is 8.78 Å². The van der Waals surface area contributed by atoms with Crippen molar-refractivity contribution in [1.29, 1.82) is 0 Å². The fourth-order valence-corrected chi connectivity index (χ4v) is 2.20. The maximum Gasteiger partial charge on any atom is 0.261 e. The summed E-state index contributed by atoms with van der Waals surface area (Å²) in [6.45, 7) is 1.71. The molecule has 1 unspecified atom stereocenters. The molecule has 0 heterocycles. The Labute approximate surface area is 124 Å². The molecule has 0 amide bonds. The third-order valence-corrected chi connectivity index (χ3v) is 3.29. The largest absolute Gasteiger partial charge is 0.493 e. The highest BCUT2D eigenvalue weighted by atomic mass is 19.3. The highest BCUT2D eigenvalue weighted by Gasteiger charge is 2.16. The van der Waals surface area contributed by atoms with Crippen molar-refractivity contribution in [3.05, 3.63) is 23.3 Å². The fourth-order valence-electron chi connectivity index (χ4n) is 2.20. The fraction of sp³-hybridized carbons (Fsp3) is 0.600. The normalized spacial score (nSPS) is 12.5. The topological polar surface area (TPSA) is 39.7 Å². The van der Waals surface area contributed by atoms with Crippen LogP contribution in [0.4, 0.5) is 8.78 Å².